The number of H-pyrrole nitrogens is 1. The van der Waals surface area contributed by atoms with E-state index in [-0.39, 0.29) is 0 Å². The van der Waals surface area contributed by atoms with Crippen molar-refractivity contribution in [2.75, 3.05) is 13.1 Å². The molecule has 6 heteroatoms. The number of hydrogen-bond donors (Lipinski definition) is 1. The van der Waals surface area contributed by atoms with Gasteiger partial charge in [-0.3, -0.25) is 9.88 Å². The predicted octanol–water partition coefficient (Wildman–Crippen LogP) is 3.37. The molecule has 1 saturated heterocycles. The Hall–Kier alpha value is -2.73. The van der Waals surface area contributed by atoms with Crippen LogP contribution in [0, 0.1) is 0 Å². The van der Waals surface area contributed by atoms with Gasteiger partial charge in [-0.05, 0) is 31.5 Å². The third-order valence-electron chi connectivity index (χ3n) is 4.45. The van der Waals surface area contributed by atoms with Gasteiger partial charge in [0.25, 0.3) is 0 Å². The average Bonchev–Trinajstić information content (AvgIpc) is 3.16. The van der Waals surface area contributed by atoms with Crippen molar-refractivity contribution in [1.29, 1.82) is 0 Å². The fourth-order valence-corrected chi connectivity index (χ4v) is 3.25. The van der Waals surface area contributed by atoms with Gasteiger partial charge in [-0.25, -0.2) is 9.97 Å². The van der Waals surface area contributed by atoms with Gasteiger partial charge in [0.15, 0.2) is 0 Å². The van der Waals surface area contributed by atoms with Crippen molar-refractivity contribution >= 4 is 0 Å². The minimum atomic E-state index is 0.371. The molecule has 1 atom stereocenters. The van der Waals surface area contributed by atoms with E-state index in [4.69, 9.17) is 4.74 Å². The van der Waals surface area contributed by atoms with E-state index < -0.39 is 0 Å². The normalized spacial score (nSPS) is 18.2. The Morgan fingerprint density at radius 3 is 2.96 bits per heavy atom. The van der Waals surface area contributed by atoms with Crippen LogP contribution in [0.5, 0.6) is 11.6 Å². The summed E-state index contributed by atoms with van der Waals surface area (Å²) in [5.74, 6) is 2.70. The van der Waals surface area contributed by atoms with E-state index in [0.29, 0.717) is 11.8 Å². The molecule has 6 nitrogen and oxygen atoms in total. The number of imidazole rings is 1. The van der Waals surface area contributed by atoms with Crippen LogP contribution in [0.25, 0.3) is 0 Å². The molecule has 0 radical (unpaired) electrons. The quantitative estimate of drug-likeness (QED) is 0.774. The molecule has 128 valence electrons. The topological polar surface area (TPSA) is 66.9 Å². The van der Waals surface area contributed by atoms with E-state index >= 15 is 0 Å². The molecule has 3 aromatic rings. The third-order valence-corrected chi connectivity index (χ3v) is 4.45. The van der Waals surface area contributed by atoms with E-state index in [9.17, 15) is 0 Å². The molecule has 1 N–H and O–H groups in total. The fraction of sp³-hybridized carbons (Fsp3) is 0.316. The van der Waals surface area contributed by atoms with Crippen LogP contribution in [0.1, 0.15) is 30.3 Å². The number of ether oxygens (including phenoxy) is 1. The molecule has 0 aliphatic carbocycles. The highest BCUT2D eigenvalue weighted by molar-refractivity contribution is 5.26. The van der Waals surface area contributed by atoms with Gasteiger partial charge >= 0.3 is 0 Å². The van der Waals surface area contributed by atoms with Gasteiger partial charge in [-0.2, -0.15) is 0 Å². The molecule has 2 aromatic heterocycles. The lowest BCUT2D eigenvalue weighted by molar-refractivity contribution is 0.194. The first-order valence-electron chi connectivity index (χ1n) is 8.62. The van der Waals surface area contributed by atoms with Crippen molar-refractivity contribution in [3.8, 4) is 11.6 Å². The Morgan fingerprint density at radius 1 is 1.20 bits per heavy atom. The van der Waals surface area contributed by atoms with Crippen LogP contribution >= 0.6 is 0 Å². The van der Waals surface area contributed by atoms with Crippen LogP contribution in [-0.2, 0) is 6.54 Å². The standard InChI is InChI=1S/C19H21N5O/c1-2-6-16(7-3-1)25-19-12-20-11-17(23-19)15-5-4-10-24(13-15)14-18-21-8-9-22-18/h1-3,6-9,11-12,15H,4-5,10,13-14H2,(H,21,22)/t15-/m0/s1. The zero-order valence-corrected chi connectivity index (χ0v) is 14.0. The number of nitrogens with one attached hydrogen (secondary N) is 1. The second-order valence-electron chi connectivity index (χ2n) is 6.31. The van der Waals surface area contributed by atoms with Crippen LogP contribution in [0.4, 0.5) is 0 Å². The van der Waals surface area contributed by atoms with Gasteiger partial charge in [0.2, 0.25) is 5.88 Å². The summed E-state index contributed by atoms with van der Waals surface area (Å²) in [5, 5.41) is 0. The van der Waals surface area contributed by atoms with Crippen molar-refractivity contribution in [1.82, 2.24) is 24.8 Å². The lowest BCUT2D eigenvalue weighted by atomic mass is 9.95. The number of likely N-dealkylation sites (tertiary alicyclic amines) is 1. The van der Waals surface area contributed by atoms with Crippen molar-refractivity contribution in [3.63, 3.8) is 0 Å². The maximum Gasteiger partial charge on any atom is 0.238 e. The van der Waals surface area contributed by atoms with Gasteiger partial charge in [0, 0.05) is 31.1 Å². The Labute approximate surface area is 146 Å². The van der Waals surface area contributed by atoms with Crippen molar-refractivity contribution < 1.29 is 4.74 Å². The molecular weight excluding hydrogens is 314 g/mol. The molecule has 25 heavy (non-hydrogen) atoms. The van der Waals surface area contributed by atoms with Crippen LogP contribution in [0.2, 0.25) is 0 Å². The predicted molar refractivity (Wildman–Crippen MR) is 94.4 cm³/mol. The minimum absolute atomic E-state index is 0.371. The van der Waals surface area contributed by atoms with Gasteiger partial charge in [-0.15, -0.1) is 0 Å². The Balaban J connectivity index is 1.44. The van der Waals surface area contributed by atoms with E-state index in [1.54, 1.807) is 12.4 Å². The number of aromatic amines is 1. The smallest absolute Gasteiger partial charge is 0.238 e. The van der Waals surface area contributed by atoms with Crippen molar-refractivity contribution in [2.45, 2.75) is 25.3 Å². The van der Waals surface area contributed by atoms with Gasteiger partial charge in [0.05, 0.1) is 18.4 Å². The summed E-state index contributed by atoms with van der Waals surface area (Å²) in [4.78, 5) is 18.9. The van der Waals surface area contributed by atoms with E-state index in [1.165, 1.54) is 0 Å². The maximum atomic E-state index is 5.82. The highest BCUT2D eigenvalue weighted by Gasteiger charge is 2.23. The molecule has 3 heterocycles. The molecule has 0 saturated carbocycles. The summed E-state index contributed by atoms with van der Waals surface area (Å²) in [6, 6.07) is 9.69. The van der Waals surface area contributed by atoms with Crippen molar-refractivity contribution in [3.05, 3.63) is 66.6 Å². The summed E-state index contributed by atoms with van der Waals surface area (Å²) in [6.45, 7) is 2.89. The van der Waals surface area contributed by atoms with Crippen LogP contribution < -0.4 is 4.74 Å². The van der Waals surface area contributed by atoms with Gasteiger partial charge in [0.1, 0.15) is 11.6 Å². The highest BCUT2D eigenvalue weighted by atomic mass is 16.5. The number of para-hydroxylation sites is 1. The summed E-state index contributed by atoms with van der Waals surface area (Å²) in [7, 11) is 0. The average molecular weight is 335 g/mol. The molecule has 4 rings (SSSR count). The van der Waals surface area contributed by atoms with Gasteiger partial charge in [-0.1, -0.05) is 18.2 Å². The molecule has 0 amide bonds. The lowest BCUT2D eigenvalue weighted by Crippen LogP contribution is -2.34. The van der Waals surface area contributed by atoms with E-state index in [1.807, 2.05) is 42.7 Å². The number of aromatic nitrogens is 4. The first kappa shape index (κ1) is 15.8. The molecule has 0 spiro atoms. The molecule has 1 aliphatic heterocycles. The molecule has 1 aliphatic rings. The van der Waals surface area contributed by atoms with Crippen LogP contribution in [-0.4, -0.2) is 37.9 Å². The second-order valence-corrected chi connectivity index (χ2v) is 6.31. The summed E-state index contributed by atoms with van der Waals surface area (Å²) < 4.78 is 5.82. The van der Waals surface area contributed by atoms with E-state index in [0.717, 1.165) is 49.7 Å². The van der Waals surface area contributed by atoms with Crippen LogP contribution in [0.3, 0.4) is 0 Å². The third kappa shape index (κ3) is 4.03. The van der Waals surface area contributed by atoms with Crippen molar-refractivity contribution in [2.24, 2.45) is 0 Å². The number of rotatable bonds is 5. The largest absolute Gasteiger partial charge is 0.437 e. The van der Waals surface area contributed by atoms with Gasteiger partial charge < -0.3 is 9.72 Å². The van der Waals surface area contributed by atoms with Crippen LogP contribution in [0.15, 0.2) is 55.1 Å². The molecule has 1 fully saturated rings. The fourth-order valence-electron chi connectivity index (χ4n) is 3.25. The second kappa shape index (κ2) is 7.44. The Bertz CT molecular complexity index is 791. The maximum absolute atomic E-state index is 5.82. The SMILES string of the molecule is c1ccc(Oc2cncc([C@H]3CCCN(Cc4ncc[nH]4)C3)n2)cc1. The Morgan fingerprint density at radius 2 is 2.12 bits per heavy atom. The molecule has 1 aromatic carbocycles. The number of benzene rings is 1. The minimum Gasteiger partial charge on any atom is -0.437 e. The highest BCUT2D eigenvalue weighted by Crippen LogP contribution is 2.27. The Kier molecular flexibility index (Phi) is 4.70. The molecule has 0 bridgehead atoms. The summed E-state index contributed by atoms with van der Waals surface area (Å²) in [5.41, 5.74) is 0.998. The van der Waals surface area contributed by atoms with E-state index in [2.05, 4.69) is 24.8 Å². The molecule has 0 unspecified atom stereocenters. The molecular formula is C19H21N5O. The first-order valence-corrected chi connectivity index (χ1v) is 8.62. The zero-order chi connectivity index (χ0) is 16.9. The summed E-state index contributed by atoms with van der Waals surface area (Å²) >= 11 is 0. The zero-order valence-electron chi connectivity index (χ0n) is 14.0. The number of piperidine rings is 1. The number of nitrogens with zero attached hydrogens (tertiary/aromatic N) is 4. The first-order chi connectivity index (χ1) is 12.4. The summed E-state index contributed by atoms with van der Waals surface area (Å²) in [6.07, 6.45) is 9.47. The number of hydrogen-bond acceptors (Lipinski definition) is 5. The monoisotopic (exact) mass is 335 g/mol. The lowest BCUT2D eigenvalue weighted by Gasteiger charge is -2.31.